The molecular weight excluding hydrogens is 973 g/mol. The Bertz CT molecular complexity index is 1410. The smallest absolute Gasteiger partial charge is 0.306 e. The molecule has 0 aromatic heterocycles. The molecule has 0 aliphatic heterocycles. The number of esters is 3. The lowest BCUT2D eigenvalue weighted by molar-refractivity contribution is -0.167. The number of unbranched alkanes of at least 4 members (excludes halogenated alkanes) is 43. The van der Waals surface area contributed by atoms with Gasteiger partial charge in [-0.1, -0.05) is 345 Å². The largest absolute Gasteiger partial charge is 0.462 e. The van der Waals surface area contributed by atoms with Crippen molar-refractivity contribution in [3.05, 3.63) is 60.8 Å². The fourth-order valence-corrected chi connectivity index (χ4v) is 10.4. The summed E-state index contributed by atoms with van der Waals surface area (Å²) in [5, 5.41) is 0. The van der Waals surface area contributed by atoms with E-state index in [1.807, 2.05) is 0 Å². The number of rotatable bonds is 64. The zero-order chi connectivity index (χ0) is 57.1. The maximum atomic E-state index is 12.9. The predicted octanol–water partition coefficient (Wildman–Crippen LogP) is 23.9. The van der Waals surface area contributed by atoms with Crippen LogP contribution in [0.5, 0.6) is 0 Å². The van der Waals surface area contributed by atoms with Crippen LogP contribution in [0.25, 0.3) is 0 Å². The highest BCUT2D eigenvalue weighted by Gasteiger charge is 2.19. The summed E-state index contributed by atoms with van der Waals surface area (Å²) < 4.78 is 16.9. The third-order valence-corrected chi connectivity index (χ3v) is 15.5. The van der Waals surface area contributed by atoms with Gasteiger partial charge in [0.1, 0.15) is 13.2 Å². The summed E-state index contributed by atoms with van der Waals surface area (Å²) in [6.45, 7) is 6.54. The van der Waals surface area contributed by atoms with Gasteiger partial charge in [0, 0.05) is 19.3 Å². The molecular formula is C73H132O6. The Morgan fingerprint density at radius 2 is 0.494 bits per heavy atom. The van der Waals surface area contributed by atoms with E-state index in [1.54, 1.807) is 0 Å². The average Bonchev–Trinajstić information content (AvgIpc) is 3.45. The molecule has 0 saturated carbocycles. The quantitative estimate of drug-likeness (QED) is 0.0261. The fraction of sp³-hybridized carbons (Fsp3) is 0.822. The minimum atomic E-state index is -0.770. The van der Waals surface area contributed by atoms with E-state index in [9.17, 15) is 14.4 Å². The second-order valence-electron chi connectivity index (χ2n) is 23.4. The zero-order valence-corrected chi connectivity index (χ0v) is 52.9. The maximum absolute atomic E-state index is 12.9. The molecule has 0 aliphatic rings. The monoisotopic (exact) mass is 1110 g/mol. The molecule has 0 aliphatic carbocycles. The van der Waals surface area contributed by atoms with E-state index >= 15 is 0 Å². The molecule has 0 amide bonds. The Morgan fingerprint density at radius 3 is 0.772 bits per heavy atom. The normalized spacial score (nSPS) is 12.4. The van der Waals surface area contributed by atoms with Gasteiger partial charge in [-0.15, -0.1) is 0 Å². The lowest BCUT2D eigenvalue weighted by Gasteiger charge is -2.18. The number of carbonyl (C=O) groups excluding carboxylic acids is 3. The van der Waals surface area contributed by atoms with Gasteiger partial charge in [0.05, 0.1) is 0 Å². The standard InChI is InChI=1S/C73H132O6/c1-4-7-10-13-16-18-20-22-24-26-28-30-32-34-35-36-37-39-40-42-44-46-48-50-52-54-57-60-63-66-72(75)78-69-70(68-77-71(74)65-62-59-56-15-12-9-6-3)79-73(76)67-64-61-58-55-53-51-49-47-45-43-41-38-33-31-29-27-25-23-21-19-17-14-11-8-5-2/h7,10,16,18,22,24,28,30,34-35,70H,4-6,8-9,11-15,17,19-21,23,25-27,29,31-33,36-69H2,1-3H3/b10-7-,18-16-,24-22-,30-28-,35-34-. The topological polar surface area (TPSA) is 78.9 Å². The van der Waals surface area contributed by atoms with Crippen molar-refractivity contribution in [3.63, 3.8) is 0 Å². The molecule has 0 N–H and O–H groups in total. The van der Waals surface area contributed by atoms with Crippen LogP contribution in [0.1, 0.15) is 367 Å². The average molecular weight is 1110 g/mol. The number of hydrogen-bond donors (Lipinski definition) is 0. The van der Waals surface area contributed by atoms with Crippen LogP contribution in [0.4, 0.5) is 0 Å². The number of ether oxygens (including phenoxy) is 3. The van der Waals surface area contributed by atoms with Crippen LogP contribution in [0.2, 0.25) is 0 Å². The van der Waals surface area contributed by atoms with Gasteiger partial charge in [-0.3, -0.25) is 14.4 Å². The summed E-state index contributed by atoms with van der Waals surface area (Å²) in [4.78, 5) is 38.2. The van der Waals surface area contributed by atoms with Crippen molar-refractivity contribution in [1.82, 2.24) is 0 Å². The lowest BCUT2D eigenvalue weighted by atomic mass is 10.0. The Kier molecular flexibility index (Phi) is 65.1. The molecule has 0 rings (SSSR count). The van der Waals surface area contributed by atoms with E-state index in [1.165, 1.54) is 238 Å². The minimum Gasteiger partial charge on any atom is -0.462 e. The first-order chi connectivity index (χ1) is 39.0. The van der Waals surface area contributed by atoms with Crippen LogP contribution in [0.15, 0.2) is 60.8 Å². The van der Waals surface area contributed by atoms with Gasteiger partial charge in [0.25, 0.3) is 0 Å². The first-order valence-electron chi connectivity index (χ1n) is 34.8. The molecule has 0 bridgehead atoms. The molecule has 0 aromatic rings. The summed E-state index contributed by atoms with van der Waals surface area (Å²) in [6.07, 6.45) is 87.1. The van der Waals surface area contributed by atoms with E-state index in [4.69, 9.17) is 14.2 Å². The molecule has 0 fully saturated rings. The van der Waals surface area contributed by atoms with Crippen molar-refractivity contribution >= 4 is 17.9 Å². The highest BCUT2D eigenvalue weighted by Crippen LogP contribution is 2.18. The van der Waals surface area contributed by atoms with E-state index in [0.717, 1.165) is 89.9 Å². The summed E-state index contributed by atoms with van der Waals surface area (Å²) in [5.74, 6) is -0.854. The summed E-state index contributed by atoms with van der Waals surface area (Å²) in [5.41, 5.74) is 0. The van der Waals surface area contributed by atoms with Gasteiger partial charge in [-0.25, -0.2) is 0 Å². The first-order valence-corrected chi connectivity index (χ1v) is 34.8. The van der Waals surface area contributed by atoms with Crippen LogP contribution in [-0.2, 0) is 28.6 Å². The summed E-state index contributed by atoms with van der Waals surface area (Å²) in [6, 6.07) is 0. The Morgan fingerprint density at radius 1 is 0.266 bits per heavy atom. The third kappa shape index (κ3) is 65.8. The van der Waals surface area contributed by atoms with Crippen LogP contribution in [-0.4, -0.2) is 37.2 Å². The van der Waals surface area contributed by atoms with E-state index < -0.39 is 6.10 Å². The highest BCUT2D eigenvalue weighted by atomic mass is 16.6. The second kappa shape index (κ2) is 67.6. The maximum Gasteiger partial charge on any atom is 0.306 e. The Labute approximate surface area is 491 Å². The molecule has 0 spiro atoms. The molecule has 79 heavy (non-hydrogen) atoms. The van der Waals surface area contributed by atoms with E-state index in [-0.39, 0.29) is 31.1 Å². The highest BCUT2D eigenvalue weighted by molar-refractivity contribution is 5.71. The molecule has 0 aromatic carbocycles. The molecule has 1 atom stereocenters. The summed E-state index contributed by atoms with van der Waals surface area (Å²) >= 11 is 0. The van der Waals surface area contributed by atoms with Gasteiger partial charge in [0.2, 0.25) is 0 Å². The van der Waals surface area contributed by atoms with E-state index in [2.05, 4.69) is 81.5 Å². The summed E-state index contributed by atoms with van der Waals surface area (Å²) in [7, 11) is 0. The molecule has 6 nitrogen and oxygen atoms in total. The van der Waals surface area contributed by atoms with Crippen LogP contribution >= 0.6 is 0 Å². The molecule has 0 heterocycles. The van der Waals surface area contributed by atoms with E-state index in [0.29, 0.717) is 19.3 Å². The molecule has 460 valence electrons. The van der Waals surface area contributed by atoms with Crippen molar-refractivity contribution in [2.75, 3.05) is 13.2 Å². The molecule has 0 radical (unpaired) electrons. The molecule has 6 heteroatoms. The van der Waals surface area contributed by atoms with Gasteiger partial charge in [-0.05, 0) is 64.2 Å². The van der Waals surface area contributed by atoms with Crippen molar-refractivity contribution < 1.29 is 28.6 Å². The van der Waals surface area contributed by atoms with Crippen LogP contribution in [0.3, 0.4) is 0 Å². The van der Waals surface area contributed by atoms with Gasteiger partial charge in [0.15, 0.2) is 6.10 Å². The fourth-order valence-electron chi connectivity index (χ4n) is 10.4. The van der Waals surface area contributed by atoms with Crippen molar-refractivity contribution in [1.29, 1.82) is 0 Å². The number of carbonyl (C=O) groups is 3. The first kappa shape index (κ1) is 76.1. The number of allylic oxidation sites excluding steroid dienone is 10. The minimum absolute atomic E-state index is 0.0692. The predicted molar refractivity (Wildman–Crippen MR) is 344 cm³/mol. The van der Waals surface area contributed by atoms with Crippen LogP contribution in [0, 0.1) is 0 Å². The zero-order valence-electron chi connectivity index (χ0n) is 52.9. The van der Waals surface area contributed by atoms with Gasteiger partial charge < -0.3 is 14.2 Å². The third-order valence-electron chi connectivity index (χ3n) is 15.5. The molecule has 0 saturated heterocycles. The Balaban J connectivity index is 4.05. The van der Waals surface area contributed by atoms with Crippen molar-refractivity contribution in [2.45, 2.75) is 374 Å². The Hall–Kier alpha value is -2.89. The van der Waals surface area contributed by atoms with Gasteiger partial charge >= 0.3 is 17.9 Å². The molecule has 1 unspecified atom stereocenters. The van der Waals surface area contributed by atoms with Crippen LogP contribution < -0.4 is 0 Å². The lowest BCUT2D eigenvalue weighted by Crippen LogP contribution is -2.30. The number of hydrogen-bond acceptors (Lipinski definition) is 6. The van der Waals surface area contributed by atoms with Crippen molar-refractivity contribution in [2.24, 2.45) is 0 Å². The van der Waals surface area contributed by atoms with Crippen molar-refractivity contribution in [3.8, 4) is 0 Å². The second-order valence-corrected chi connectivity index (χ2v) is 23.4. The SMILES string of the molecule is CC/C=C\C/C=C\C/C=C\C/C=C\C/C=C\CCCCCCCCCCCCCCCC(=O)OCC(COC(=O)CCCCCCCCC)OC(=O)CCCCCCCCCCCCCCCCCCCCCCCCCCC. The van der Waals surface area contributed by atoms with Gasteiger partial charge in [-0.2, -0.15) is 0 Å².